The van der Waals surface area contributed by atoms with E-state index < -0.39 is 16.1 Å². The Kier molecular flexibility index (Phi) is 5.23. The SMILES string of the molecule is CN(C(CCO)c1ccccc1)S(=O)(=O)c1cn(C)c(Cl)n1. The van der Waals surface area contributed by atoms with Gasteiger partial charge in [0, 0.05) is 26.9 Å². The topological polar surface area (TPSA) is 75.4 Å². The van der Waals surface area contributed by atoms with Crippen LogP contribution in [0.25, 0.3) is 0 Å². The fourth-order valence-electron chi connectivity index (χ4n) is 2.21. The van der Waals surface area contributed by atoms with Gasteiger partial charge < -0.3 is 9.67 Å². The van der Waals surface area contributed by atoms with Gasteiger partial charge in [-0.3, -0.25) is 0 Å². The lowest BCUT2D eigenvalue weighted by Crippen LogP contribution is -2.32. The highest BCUT2D eigenvalue weighted by atomic mass is 35.5. The average molecular weight is 344 g/mol. The number of aromatic nitrogens is 2. The van der Waals surface area contributed by atoms with Crippen molar-refractivity contribution in [1.82, 2.24) is 13.9 Å². The van der Waals surface area contributed by atoms with Crippen molar-refractivity contribution in [1.29, 1.82) is 0 Å². The predicted molar refractivity (Wildman–Crippen MR) is 84.1 cm³/mol. The van der Waals surface area contributed by atoms with Gasteiger partial charge in [0.1, 0.15) is 0 Å². The number of rotatable bonds is 6. The van der Waals surface area contributed by atoms with E-state index in [4.69, 9.17) is 11.6 Å². The van der Waals surface area contributed by atoms with Gasteiger partial charge in [-0.05, 0) is 23.6 Å². The van der Waals surface area contributed by atoms with Crippen molar-refractivity contribution in [2.75, 3.05) is 13.7 Å². The van der Waals surface area contributed by atoms with Crippen LogP contribution in [0.3, 0.4) is 0 Å². The van der Waals surface area contributed by atoms with Crippen molar-refractivity contribution >= 4 is 21.6 Å². The van der Waals surface area contributed by atoms with Crippen LogP contribution < -0.4 is 0 Å². The fraction of sp³-hybridized carbons (Fsp3) is 0.357. The molecule has 0 aliphatic carbocycles. The van der Waals surface area contributed by atoms with Gasteiger partial charge in [-0.1, -0.05) is 30.3 Å². The first-order chi connectivity index (χ1) is 10.4. The lowest BCUT2D eigenvalue weighted by atomic mass is 10.0. The van der Waals surface area contributed by atoms with Crippen molar-refractivity contribution in [3.8, 4) is 0 Å². The first-order valence-electron chi connectivity index (χ1n) is 6.70. The molecule has 0 radical (unpaired) electrons. The number of aliphatic hydroxyl groups excluding tert-OH is 1. The first kappa shape index (κ1) is 17.0. The number of aliphatic hydroxyl groups is 1. The van der Waals surface area contributed by atoms with Gasteiger partial charge in [-0.2, -0.15) is 4.31 Å². The second-order valence-electron chi connectivity index (χ2n) is 4.92. The Morgan fingerprint density at radius 2 is 2.00 bits per heavy atom. The van der Waals surface area contributed by atoms with Crippen LogP contribution in [0, 0.1) is 0 Å². The number of halogens is 1. The van der Waals surface area contributed by atoms with Crippen LogP contribution in [0.5, 0.6) is 0 Å². The zero-order valence-corrected chi connectivity index (χ0v) is 13.9. The molecule has 0 fully saturated rings. The van der Waals surface area contributed by atoms with E-state index >= 15 is 0 Å². The number of imidazole rings is 1. The molecule has 8 heteroatoms. The van der Waals surface area contributed by atoms with E-state index in [1.54, 1.807) is 7.05 Å². The molecule has 120 valence electrons. The molecule has 2 aromatic rings. The van der Waals surface area contributed by atoms with Crippen molar-refractivity contribution in [3.05, 3.63) is 47.4 Å². The van der Waals surface area contributed by atoms with E-state index in [0.717, 1.165) is 5.56 Å². The molecule has 1 aromatic heterocycles. The highest BCUT2D eigenvalue weighted by molar-refractivity contribution is 7.89. The Labute approximate surface area is 135 Å². The van der Waals surface area contributed by atoms with E-state index in [1.165, 1.54) is 22.1 Å². The molecular weight excluding hydrogens is 326 g/mol. The molecule has 0 saturated heterocycles. The molecule has 6 nitrogen and oxygen atoms in total. The Morgan fingerprint density at radius 1 is 1.36 bits per heavy atom. The zero-order valence-electron chi connectivity index (χ0n) is 12.3. The predicted octanol–water partition coefficient (Wildman–Crippen LogP) is 1.82. The minimum Gasteiger partial charge on any atom is -0.396 e. The smallest absolute Gasteiger partial charge is 0.262 e. The molecule has 0 spiro atoms. The maximum atomic E-state index is 12.7. The highest BCUT2D eigenvalue weighted by Crippen LogP contribution is 2.28. The van der Waals surface area contributed by atoms with Gasteiger partial charge in [-0.15, -0.1) is 0 Å². The lowest BCUT2D eigenvalue weighted by Gasteiger charge is -2.26. The quantitative estimate of drug-likeness (QED) is 0.868. The number of aryl methyl sites for hydroxylation is 1. The Bertz CT molecular complexity index is 712. The molecule has 0 amide bonds. The molecular formula is C14H18ClN3O3S. The average Bonchev–Trinajstić information content (AvgIpc) is 2.85. The van der Waals surface area contributed by atoms with Crippen LogP contribution in [0.15, 0.2) is 41.6 Å². The molecule has 1 N–H and O–H groups in total. The molecule has 0 aliphatic rings. The van der Waals surface area contributed by atoms with Gasteiger partial charge in [0.25, 0.3) is 10.0 Å². The van der Waals surface area contributed by atoms with E-state index in [0.29, 0.717) is 6.42 Å². The van der Waals surface area contributed by atoms with Crippen LogP contribution in [0.1, 0.15) is 18.0 Å². The Hall–Kier alpha value is -1.41. The molecule has 1 aromatic carbocycles. The molecule has 22 heavy (non-hydrogen) atoms. The van der Waals surface area contributed by atoms with Crippen molar-refractivity contribution in [3.63, 3.8) is 0 Å². The van der Waals surface area contributed by atoms with E-state index in [-0.39, 0.29) is 16.9 Å². The summed E-state index contributed by atoms with van der Waals surface area (Å²) in [5.74, 6) is 0. The van der Waals surface area contributed by atoms with E-state index in [2.05, 4.69) is 4.98 Å². The molecule has 1 atom stereocenters. The third-order valence-corrected chi connectivity index (χ3v) is 5.56. The van der Waals surface area contributed by atoms with Crippen LogP contribution in [0.4, 0.5) is 0 Å². The first-order valence-corrected chi connectivity index (χ1v) is 8.52. The summed E-state index contributed by atoms with van der Waals surface area (Å²) in [5, 5.41) is 9.26. The summed E-state index contributed by atoms with van der Waals surface area (Å²) in [5.41, 5.74) is 0.810. The number of hydrogen-bond donors (Lipinski definition) is 1. The maximum Gasteiger partial charge on any atom is 0.262 e. The summed E-state index contributed by atoms with van der Waals surface area (Å²) >= 11 is 5.83. The van der Waals surface area contributed by atoms with Gasteiger partial charge in [0.05, 0.1) is 6.04 Å². The number of hydrogen-bond acceptors (Lipinski definition) is 4. The van der Waals surface area contributed by atoms with Gasteiger partial charge in [0.2, 0.25) is 5.28 Å². The number of benzene rings is 1. The van der Waals surface area contributed by atoms with Crippen LogP contribution in [0.2, 0.25) is 5.28 Å². The fourth-order valence-corrected chi connectivity index (χ4v) is 3.75. The van der Waals surface area contributed by atoms with Gasteiger partial charge >= 0.3 is 0 Å². The van der Waals surface area contributed by atoms with Crippen molar-refractivity contribution in [2.45, 2.75) is 17.5 Å². The summed E-state index contributed by atoms with van der Waals surface area (Å²) in [6, 6.07) is 8.70. The summed E-state index contributed by atoms with van der Waals surface area (Å²) < 4.78 is 28.1. The van der Waals surface area contributed by atoms with Crippen molar-refractivity contribution in [2.24, 2.45) is 7.05 Å². The molecule has 0 saturated carbocycles. The standard InChI is InChI=1S/C14H18ClN3O3S/c1-17-10-13(16-14(17)15)22(20,21)18(2)12(8-9-19)11-6-4-3-5-7-11/h3-7,10,12,19H,8-9H2,1-2H3. The Morgan fingerprint density at radius 3 is 2.50 bits per heavy atom. The third kappa shape index (κ3) is 3.33. The minimum absolute atomic E-state index is 0.102. The summed E-state index contributed by atoms with van der Waals surface area (Å²) in [6.45, 7) is -0.123. The molecule has 1 unspecified atom stereocenters. The van der Waals surface area contributed by atoms with Gasteiger partial charge in [-0.25, -0.2) is 13.4 Å². The minimum atomic E-state index is -3.80. The Balaban J connectivity index is 2.39. The third-order valence-electron chi connectivity index (χ3n) is 3.47. The molecule has 0 bridgehead atoms. The summed E-state index contributed by atoms with van der Waals surface area (Å²) in [4.78, 5) is 3.88. The summed E-state index contributed by atoms with van der Waals surface area (Å²) in [6.07, 6.45) is 1.66. The normalized spacial score (nSPS) is 13.5. The zero-order chi connectivity index (χ0) is 16.3. The van der Waals surface area contributed by atoms with Gasteiger partial charge in [0.15, 0.2) is 5.03 Å². The second kappa shape index (κ2) is 6.78. The monoisotopic (exact) mass is 343 g/mol. The second-order valence-corrected chi connectivity index (χ2v) is 7.20. The molecule has 1 heterocycles. The number of nitrogens with zero attached hydrogens (tertiary/aromatic N) is 3. The lowest BCUT2D eigenvalue weighted by molar-refractivity contribution is 0.240. The van der Waals surface area contributed by atoms with Crippen LogP contribution >= 0.6 is 11.6 Å². The van der Waals surface area contributed by atoms with Crippen LogP contribution in [-0.4, -0.2) is 41.0 Å². The summed E-state index contributed by atoms with van der Waals surface area (Å²) in [7, 11) is -0.705. The maximum absolute atomic E-state index is 12.7. The van der Waals surface area contributed by atoms with E-state index in [1.807, 2.05) is 30.3 Å². The highest BCUT2D eigenvalue weighted by Gasteiger charge is 2.31. The molecule has 2 rings (SSSR count). The number of sulfonamides is 1. The van der Waals surface area contributed by atoms with Crippen molar-refractivity contribution < 1.29 is 13.5 Å². The van der Waals surface area contributed by atoms with E-state index in [9.17, 15) is 13.5 Å². The van der Waals surface area contributed by atoms with Crippen LogP contribution in [-0.2, 0) is 17.1 Å². The molecule has 0 aliphatic heterocycles. The largest absolute Gasteiger partial charge is 0.396 e.